The number of rotatable bonds is 2. The highest BCUT2D eigenvalue weighted by Gasteiger charge is 2.41. The molecule has 4 unspecified atom stereocenters. The van der Waals surface area contributed by atoms with Crippen molar-refractivity contribution in [3.8, 4) is 0 Å². The summed E-state index contributed by atoms with van der Waals surface area (Å²) >= 11 is 5.16. The zero-order chi connectivity index (χ0) is 15.3. The van der Waals surface area contributed by atoms with Gasteiger partial charge in [0.1, 0.15) is 6.10 Å². The van der Waals surface area contributed by atoms with Gasteiger partial charge < -0.3 is 25.8 Å². The van der Waals surface area contributed by atoms with Crippen molar-refractivity contribution in [2.45, 2.75) is 24.5 Å². The molecule has 3 heterocycles. The number of aliphatic hydroxyl groups excluding tert-OH is 2. The highest BCUT2D eigenvalue weighted by molar-refractivity contribution is 7.71. The van der Waals surface area contributed by atoms with E-state index in [2.05, 4.69) is 9.97 Å². The van der Waals surface area contributed by atoms with Gasteiger partial charge in [-0.1, -0.05) is 12.2 Å². The van der Waals surface area contributed by atoms with Crippen molar-refractivity contribution >= 4 is 29.3 Å². The molecule has 0 radical (unpaired) electrons. The molecule has 21 heavy (non-hydrogen) atoms. The van der Waals surface area contributed by atoms with Crippen molar-refractivity contribution in [2.75, 3.05) is 12.3 Å². The third-order valence-corrected chi connectivity index (χ3v) is 3.86. The maximum absolute atomic E-state index is 12.2. The maximum atomic E-state index is 12.2. The molecule has 5 N–H and O–H groups in total. The van der Waals surface area contributed by atoms with Gasteiger partial charge in [0.15, 0.2) is 17.2 Å². The van der Waals surface area contributed by atoms with Gasteiger partial charge in [-0.2, -0.15) is 4.98 Å². The summed E-state index contributed by atoms with van der Waals surface area (Å²) in [6.45, 7) is -0.429. The number of fused-ring (bicyclic) bond motifs is 1. The number of nitrogens with two attached hydrogens (primary N) is 1. The second kappa shape index (κ2) is 5.00. The Hall–Kier alpha value is -1.59. The zero-order valence-corrected chi connectivity index (χ0v) is 11.9. The van der Waals surface area contributed by atoms with Crippen LogP contribution in [0.1, 0.15) is 6.23 Å². The molecule has 0 bridgehead atoms. The van der Waals surface area contributed by atoms with Crippen LogP contribution in [0.25, 0.3) is 11.2 Å². The third kappa shape index (κ3) is 2.12. The lowest BCUT2D eigenvalue weighted by molar-refractivity contribution is -0.764. The van der Waals surface area contributed by atoms with E-state index in [0.717, 1.165) is 0 Å². The van der Waals surface area contributed by atoms with Crippen LogP contribution in [0.2, 0.25) is 0 Å². The number of aryl methyl sites for hydroxylation is 1. The lowest BCUT2D eigenvalue weighted by Gasteiger charge is -2.23. The minimum atomic E-state index is -1.44. The number of nitrogens with one attached hydrogen (secondary N) is 1. The maximum Gasteiger partial charge on any atom is 0.273 e. The number of aliphatic hydroxyl groups is 2. The number of imidazole rings is 1. The number of nitrogen functional groups attached to an aromatic ring is 1. The molecule has 0 aromatic carbocycles. The Kier molecular flexibility index (Phi) is 3.42. The van der Waals surface area contributed by atoms with Crippen molar-refractivity contribution in [3.63, 3.8) is 0 Å². The van der Waals surface area contributed by atoms with Gasteiger partial charge in [-0.25, -0.2) is 9.55 Å². The average Bonchev–Trinajstić information content (AvgIpc) is 2.89. The van der Waals surface area contributed by atoms with E-state index in [4.69, 9.17) is 27.8 Å². The first kappa shape index (κ1) is 14.4. The minimum Gasteiger partial charge on any atom is -0.846 e. The van der Waals surface area contributed by atoms with E-state index in [-0.39, 0.29) is 5.95 Å². The first-order chi connectivity index (χ1) is 9.93. The minimum absolute atomic E-state index is 0.118. The van der Waals surface area contributed by atoms with Crippen molar-refractivity contribution in [1.29, 1.82) is 0 Å². The number of anilines is 1. The van der Waals surface area contributed by atoms with Gasteiger partial charge in [0, 0.05) is 0 Å². The SMILES string of the molecule is Cn1c[n+](C2OC(CO)C(O)C2[O-])c2[nH]c(N)nc(=S)c21. The van der Waals surface area contributed by atoms with E-state index in [0.29, 0.717) is 15.8 Å². The fraction of sp³-hybridized carbons (Fsp3) is 0.545. The van der Waals surface area contributed by atoms with Crippen LogP contribution in [0.5, 0.6) is 0 Å². The highest BCUT2D eigenvalue weighted by Crippen LogP contribution is 2.25. The monoisotopic (exact) mass is 313 g/mol. The van der Waals surface area contributed by atoms with Gasteiger partial charge in [0.25, 0.3) is 11.6 Å². The number of nitrogens with zero attached hydrogens (tertiary/aromatic N) is 3. The van der Waals surface area contributed by atoms with Gasteiger partial charge in [-0.3, -0.25) is 4.57 Å². The summed E-state index contributed by atoms with van der Waals surface area (Å²) in [6, 6.07) is 0. The molecule has 10 heteroatoms. The van der Waals surface area contributed by atoms with Crippen LogP contribution in [0.3, 0.4) is 0 Å². The number of ether oxygens (including phenoxy) is 1. The number of hydrogen-bond donors (Lipinski definition) is 4. The predicted octanol–water partition coefficient (Wildman–Crippen LogP) is -2.52. The Labute approximate surface area is 124 Å². The molecule has 1 fully saturated rings. The van der Waals surface area contributed by atoms with Crippen LogP contribution >= 0.6 is 12.2 Å². The molecule has 0 saturated carbocycles. The molecule has 9 nitrogen and oxygen atoms in total. The molecular formula is C11H15N5O4S. The second-order valence-electron chi connectivity index (χ2n) is 4.96. The molecule has 2 aromatic rings. The van der Waals surface area contributed by atoms with Crippen molar-refractivity contribution in [2.24, 2.45) is 7.05 Å². The van der Waals surface area contributed by atoms with Gasteiger partial charge in [0.05, 0.1) is 19.8 Å². The molecule has 0 amide bonds. The Morgan fingerprint density at radius 2 is 2.38 bits per heavy atom. The van der Waals surface area contributed by atoms with Crippen LogP contribution in [0, 0.1) is 4.64 Å². The number of aromatic nitrogens is 4. The van der Waals surface area contributed by atoms with Crippen LogP contribution in [0.15, 0.2) is 6.33 Å². The summed E-state index contributed by atoms with van der Waals surface area (Å²) < 4.78 is 8.94. The van der Waals surface area contributed by atoms with Crippen LogP contribution in [-0.2, 0) is 11.8 Å². The number of H-pyrrole nitrogens is 1. The van der Waals surface area contributed by atoms with E-state index in [1.54, 1.807) is 17.9 Å². The van der Waals surface area contributed by atoms with Gasteiger partial charge in [-0.05, 0) is 6.10 Å². The van der Waals surface area contributed by atoms with E-state index in [1.807, 2.05) is 0 Å². The lowest BCUT2D eigenvalue weighted by atomic mass is 10.1. The molecule has 114 valence electrons. The normalized spacial score (nSPS) is 29.3. The lowest BCUT2D eigenvalue weighted by Crippen LogP contribution is -2.51. The second-order valence-corrected chi connectivity index (χ2v) is 5.35. The summed E-state index contributed by atoms with van der Waals surface area (Å²) in [4.78, 5) is 6.81. The Bertz CT molecular complexity index is 744. The zero-order valence-electron chi connectivity index (χ0n) is 11.1. The number of hydrogen-bond acceptors (Lipinski definition) is 7. The van der Waals surface area contributed by atoms with Gasteiger partial charge >= 0.3 is 0 Å². The molecule has 1 aliphatic rings. The third-order valence-electron chi connectivity index (χ3n) is 3.57. The molecule has 0 aliphatic carbocycles. The fourth-order valence-electron chi connectivity index (χ4n) is 2.56. The van der Waals surface area contributed by atoms with E-state index in [9.17, 15) is 10.2 Å². The molecule has 1 saturated heterocycles. The van der Waals surface area contributed by atoms with E-state index >= 15 is 0 Å². The van der Waals surface area contributed by atoms with Crippen molar-refractivity contribution in [1.82, 2.24) is 14.5 Å². The molecule has 3 rings (SSSR count). The number of aromatic amines is 1. The summed E-state index contributed by atoms with van der Waals surface area (Å²) in [5.41, 5.74) is 6.73. The summed E-state index contributed by atoms with van der Waals surface area (Å²) in [6.07, 6.45) is -3.00. The Morgan fingerprint density at radius 3 is 3.00 bits per heavy atom. The smallest absolute Gasteiger partial charge is 0.273 e. The van der Waals surface area contributed by atoms with Crippen LogP contribution < -0.4 is 15.4 Å². The highest BCUT2D eigenvalue weighted by atomic mass is 32.1. The Morgan fingerprint density at radius 1 is 1.67 bits per heavy atom. The summed E-state index contributed by atoms with van der Waals surface area (Å²) in [5, 5.41) is 31.1. The Balaban J connectivity index is 2.16. The summed E-state index contributed by atoms with van der Waals surface area (Å²) in [5.74, 6) is 0.118. The molecular weight excluding hydrogens is 298 g/mol. The molecule has 2 aromatic heterocycles. The fourth-order valence-corrected chi connectivity index (χ4v) is 2.90. The topological polar surface area (TPSA) is 136 Å². The summed E-state index contributed by atoms with van der Waals surface area (Å²) in [7, 11) is 1.75. The van der Waals surface area contributed by atoms with E-state index < -0.39 is 31.1 Å². The average molecular weight is 313 g/mol. The van der Waals surface area contributed by atoms with Crippen LogP contribution in [-0.4, -0.2) is 49.7 Å². The van der Waals surface area contributed by atoms with Crippen molar-refractivity contribution < 1.29 is 24.6 Å². The molecule has 0 spiro atoms. The molecule has 4 atom stereocenters. The van der Waals surface area contributed by atoms with Gasteiger partial charge in [0.2, 0.25) is 5.52 Å². The largest absolute Gasteiger partial charge is 0.846 e. The molecule has 1 aliphatic heterocycles. The van der Waals surface area contributed by atoms with Crippen molar-refractivity contribution in [3.05, 3.63) is 11.0 Å². The van der Waals surface area contributed by atoms with E-state index in [1.165, 1.54) is 4.57 Å². The van der Waals surface area contributed by atoms with Crippen LogP contribution in [0.4, 0.5) is 5.95 Å². The predicted molar refractivity (Wildman–Crippen MR) is 71.3 cm³/mol. The first-order valence-electron chi connectivity index (χ1n) is 6.30. The standard InChI is InChI=1S/C11H15N5O4S/c1-15-3-16(8-5(15)9(21)14-11(12)13-8)10-7(19)6(18)4(2-17)20-10/h3-4,6-7,10,17-18H,2H2,1H3,(H3,12,13,14,21). The van der Waals surface area contributed by atoms with Gasteiger partial charge in [-0.15, -0.1) is 0 Å². The quantitative estimate of drug-likeness (QED) is 0.355. The first-order valence-corrected chi connectivity index (χ1v) is 6.71.